The molecule has 0 aromatic carbocycles. The summed E-state index contributed by atoms with van der Waals surface area (Å²) in [6, 6.07) is 0.392. The first kappa shape index (κ1) is 12.7. The van der Waals surface area contributed by atoms with Gasteiger partial charge in [0.05, 0.1) is 13.2 Å². The van der Waals surface area contributed by atoms with Gasteiger partial charge < -0.3 is 15.4 Å². The maximum absolute atomic E-state index is 5.97. The third-order valence-corrected chi connectivity index (χ3v) is 3.07. The van der Waals surface area contributed by atoms with Crippen LogP contribution in [-0.2, 0) is 4.74 Å². The molecule has 0 bridgehead atoms. The van der Waals surface area contributed by atoms with Crippen molar-refractivity contribution >= 4 is 0 Å². The molecule has 3 nitrogen and oxygen atoms in total. The lowest BCUT2D eigenvalue weighted by atomic mass is 9.95. The van der Waals surface area contributed by atoms with Gasteiger partial charge in [-0.1, -0.05) is 13.0 Å². The summed E-state index contributed by atoms with van der Waals surface area (Å²) in [4.78, 5) is 2.45. The molecule has 1 saturated heterocycles. The van der Waals surface area contributed by atoms with E-state index in [0.717, 1.165) is 45.7 Å². The first-order valence-corrected chi connectivity index (χ1v) is 5.90. The highest BCUT2D eigenvalue weighted by Gasteiger charge is 2.22. The normalized spacial score (nSPS) is 27.9. The monoisotopic (exact) mass is 212 g/mol. The van der Waals surface area contributed by atoms with Crippen molar-refractivity contribution in [3.05, 3.63) is 12.7 Å². The Hall–Kier alpha value is -0.380. The molecular formula is C12H24N2O. The van der Waals surface area contributed by atoms with E-state index in [-0.39, 0.29) is 0 Å². The summed E-state index contributed by atoms with van der Waals surface area (Å²) in [7, 11) is 0. The van der Waals surface area contributed by atoms with Gasteiger partial charge >= 0.3 is 0 Å². The highest BCUT2D eigenvalue weighted by molar-refractivity contribution is 4.79. The van der Waals surface area contributed by atoms with Crippen molar-refractivity contribution in [2.45, 2.75) is 25.8 Å². The van der Waals surface area contributed by atoms with E-state index in [9.17, 15) is 0 Å². The fourth-order valence-electron chi connectivity index (χ4n) is 1.92. The van der Waals surface area contributed by atoms with Crippen LogP contribution in [-0.4, -0.2) is 43.8 Å². The molecule has 2 atom stereocenters. The van der Waals surface area contributed by atoms with E-state index in [1.165, 1.54) is 0 Å². The second-order valence-electron chi connectivity index (χ2n) is 4.42. The summed E-state index contributed by atoms with van der Waals surface area (Å²) >= 11 is 0. The molecule has 1 aliphatic rings. The summed E-state index contributed by atoms with van der Waals surface area (Å²) in [6.07, 6.45) is 3.96. The molecule has 2 N–H and O–H groups in total. The Balaban J connectivity index is 2.04. The van der Waals surface area contributed by atoms with Crippen LogP contribution in [0.25, 0.3) is 0 Å². The van der Waals surface area contributed by atoms with Crippen molar-refractivity contribution in [1.82, 2.24) is 4.90 Å². The highest BCUT2D eigenvalue weighted by Crippen LogP contribution is 2.14. The number of ether oxygens (including phenoxy) is 1. The van der Waals surface area contributed by atoms with Crippen molar-refractivity contribution in [3.63, 3.8) is 0 Å². The fraction of sp³-hybridized carbons (Fsp3) is 0.833. The van der Waals surface area contributed by atoms with E-state index in [0.29, 0.717) is 12.0 Å². The molecule has 0 aliphatic carbocycles. The van der Waals surface area contributed by atoms with Gasteiger partial charge in [-0.25, -0.2) is 0 Å². The van der Waals surface area contributed by atoms with Gasteiger partial charge in [-0.2, -0.15) is 0 Å². The Morgan fingerprint density at radius 2 is 2.33 bits per heavy atom. The summed E-state index contributed by atoms with van der Waals surface area (Å²) < 4.78 is 5.49. The predicted octanol–water partition coefficient (Wildman–Crippen LogP) is 1.25. The van der Waals surface area contributed by atoms with Crippen molar-refractivity contribution in [2.24, 2.45) is 11.7 Å². The molecule has 0 spiro atoms. The zero-order valence-electron chi connectivity index (χ0n) is 9.82. The molecule has 1 rings (SSSR count). The van der Waals surface area contributed by atoms with Crippen molar-refractivity contribution < 1.29 is 4.74 Å². The molecule has 3 heteroatoms. The molecule has 0 aromatic heterocycles. The Kier molecular flexibility index (Phi) is 5.91. The Morgan fingerprint density at radius 1 is 1.53 bits per heavy atom. The summed E-state index contributed by atoms with van der Waals surface area (Å²) in [5, 5.41) is 0. The molecule has 0 saturated carbocycles. The lowest BCUT2D eigenvalue weighted by Gasteiger charge is -2.34. The third kappa shape index (κ3) is 4.78. The second-order valence-corrected chi connectivity index (χ2v) is 4.42. The van der Waals surface area contributed by atoms with Crippen LogP contribution in [0.1, 0.15) is 19.8 Å². The van der Waals surface area contributed by atoms with E-state index >= 15 is 0 Å². The van der Waals surface area contributed by atoms with Crippen LogP contribution in [0.4, 0.5) is 0 Å². The van der Waals surface area contributed by atoms with Crippen molar-refractivity contribution in [3.8, 4) is 0 Å². The second kappa shape index (κ2) is 6.99. The quantitative estimate of drug-likeness (QED) is 0.532. The lowest BCUT2D eigenvalue weighted by Crippen LogP contribution is -2.46. The maximum atomic E-state index is 5.97. The Morgan fingerprint density at radius 3 is 3.00 bits per heavy atom. The molecule has 0 amide bonds. The first-order valence-electron chi connectivity index (χ1n) is 5.90. The molecule has 1 fully saturated rings. The maximum Gasteiger partial charge on any atom is 0.0593 e. The molecule has 0 aromatic rings. The summed E-state index contributed by atoms with van der Waals surface area (Å²) in [5.41, 5.74) is 5.97. The van der Waals surface area contributed by atoms with E-state index in [1.807, 2.05) is 6.08 Å². The van der Waals surface area contributed by atoms with Gasteiger partial charge in [-0.15, -0.1) is 6.58 Å². The minimum Gasteiger partial charge on any atom is -0.380 e. The molecular weight excluding hydrogens is 188 g/mol. The molecule has 15 heavy (non-hydrogen) atoms. The average Bonchev–Trinajstić information content (AvgIpc) is 2.23. The number of hydrogen-bond acceptors (Lipinski definition) is 3. The smallest absolute Gasteiger partial charge is 0.0593 e. The number of likely N-dealkylation sites (tertiary alicyclic amines) is 1. The van der Waals surface area contributed by atoms with Crippen molar-refractivity contribution in [1.29, 1.82) is 0 Å². The summed E-state index contributed by atoms with van der Waals surface area (Å²) in [6.45, 7) is 10.8. The molecule has 1 aliphatic heterocycles. The van der Waals surface area contributed by atoms with Crippen LogP contribution in [0, 0.1) is 5.92 Å². The van der Waals surface area contributed by atoms with Crippen LogP contribution in [0.3, 0.4) is 0 Å². The van der Waals surface area contributed by atoms with E-state index in [2.05, 4.69) is 18.4 Å². The molecule has 2 unspecified atom stereocenters. The number of rotatable bonds is 6. The van der Waals surface area contributed by atoms with E-state index in [4.69, 9.17) is 10.5 Å². The number of hydrogen-bond donors (Lipinski definition) is 1. The lowest BCUT2D eigenvalue weighted by molar-refractivity contribution is 0.0848. The standard InChI is InChI=1S/C12H24N2O/c1-3-4-8-15-9-7-14-6-5-12(13)11(2)10-14/h3,11-12H,1,4-10,13H2,2H3. The summed E-state index contributed by atoms with van der Waals surface area (Å²) in [5.74, 6) is 0.618. The number of nitrogens with zero attached hydrogens (tertiary/aromatic N) is 1. The van der Waals surface area contributed by atoms with Crippen molar-refractivity contribution in [2.75, 3.05) is 32.8 Å². The van der Waals surface area contributed by atoms with Crippen LogP contribution >= 0.6 is 0 Å². The Bertz CT molecular complexity index is 184. The van der Waals surface area contributed by atoms with Gasteiger partial charge in [0.25, 0.3) is 0 Å². The zero-order valence-corrected chi connectivity index (χ0v) is 9.82. The highest BCUT2D eigenvalue weighted by atomic mass is 16.5. The molecule has 1 heterocycles. The number of piperidine rings is 1. The minimum absolute atomic E-state index is 0.392. The van der Waals surface area contributed by atoms with Crippen LogP contribution in [0.5, 0.6) is 0 Å². The predicted molar refractivity (Wildman–Crippen MR) is 63.8 cm³/mol. The van der Waals surface area contributed by atoms with Gasteiger partial charge in [0.15, 0.2) is 0 Å². The zero-order chi connectivity index (χ0) is 11.1. The number of nitrogens with two attached hydrogens (primary N) is 1. The van der Waals surface area contributed by atoms with Gasteiger partial charge in [0.2, 0.25) is 0 Å². The molecule has 0 radical (unpaired) electrons. The fourth-order valence-corrected chi connectivity index (χ4v) is 1.92. The van der Waals surface area contributed by atoms with Gasteiger partial charge in [-0.05, 0) is 25.3 Å². The van der Waals surface area contributed by atoms with Gasteiger partial charge in [0.1, 0.15) is 0 Å². The Labute approximate surface area is 93.3 Å². The van der Waals surface area contributed by atoms with Gasteiger partial charge in [-0.3, -0.25) is 0 Å². The van der Waals surface area contributed by atoms with Crippen LogP contribution in [0.15, 0.2) is 12.7 Å². The average molecular weight is 212 g/mol. The van der Waals surface area contributed by atoms with Crippen LogP contribution in [0.2, 0.25) is 0 Å². The van der Waals surface area contributed by atoms with Gasteiger partial charge in [0, 0.05) is 19.1 Å². The first-order chi connectivity index (χ1) is 7.24. The minimum atomic E-state index is 0.392. The largest absolute Gasteiger partial charge is 0.380 e. The topological polar surface area (TPSA) is 38.5 Å². The van der Waals surface area contributed by atoms with Crippen LogP contribution < -0.4 is 5.73 Å². The third-order valence-electron chi connectivity index (χ3n) is 3.07. The molecule has 88 valence electrons. The van der Waals surface area contributed by atoms with E-state index in [1.54, 1.807) is 0 Å². The van der Waals surface area contributed by atoms with E-state index < -0.39 is 0 Å². The SMILES string of the molecule is C=CCCOCCN1CCC(N)C(C)C1.